The third-order valence-corrected chi connectivity index (χ3v) is 6.47. The van der Waals surface area contributed by atoms with E-state index in [1.54, 1.807) is 12.3 Å². The molecular formula is C25H24FN3O2. The number of rotatable bonds is 4. The van der Waals surface area contributed by atoms with E-state index < -0.39 is 0 Å². The van der Waals surface area contributed by atoms with Crippen molar-refractivity contribution in [1.82, 2.24) is 15.3 Å². The van der Waals surface area contributed by atoms with Crippen molar-refractivity contribution in [1.29, 1.82) is 0 Å². The molecule has 2 aromatic heterocycles. The van der Waals surface area contributed by atoms with Gasteiger partial charge in [0.25, 0.3) is 0 Å². The summed E-state index contributed by atoms with van der Waals surface area (Å²) in [7, 11) is 0. The molecule has 158 valence electrons. The number of aromatic nitrogens is 2. The first-order chi connectivity index (χ1) is 15.2. The van der Waals surface area contributed by atoms with E-state index in [1.807, 2.05) is 30.3 Å². The average Bonchev–Trinajstić information content (AvgIpc) is 3.16. The van der Waals surface area contributed by atoms with Crippen molar-refractivity contribution in [3.8, 4) is 11.5 Å². The summed E-state index contributed by atoms with van der Waals surface area (Å²) < 4.78 is 26.0. The molecule has 5 nitrogen and oxygen atoms in total. The highest BCUT2D eigenvalue weighted by Gasteiger charge is 2.25. The zero-order chi connectivity index (χ0) is 20.8. The summed E-state index contributed by atoms with van der Waals surface area (Å²) in [4.78, 5) is 7.87. The first kappa shape index (κ1) is 18.6. The summed E-state index contributed by atoms with van der Waals surface area (Å²) in [5.74, 6) is 1.92. The quantitative estimate of drug-likeness (QED) is 0.517. The highest BCUT2D eigenvalue weighted by atomic mass is 19.1. The van der Waals surface area contributed by atoms with Crippen molar-refractivity contribution in [3.63, 3.8) is 0 Å². The van der Waals surface area contributed by atoms with Crippen LogP contribution in [0.25, 0.3) is 21.8 Å². The summed E-state index contributed by atoms with van der Waals surface area (Å²) in [6.07, 6.45) is 4.84. The SMILES string of the molecule is Fc1ccc2[nH]c3c(c2c1)C[C@@H](CNC[C@H]1COc2ccc4ncccc4c2O1)CC3. The second-order valence-electron chi connectivity index (χ2n) is 8.55. The summed E-state index contributed by atoms with van der Waals surface area (Å²) >= 11 is 0. The number of pyridine rings is 1. The number of aryl methyl sites for hydroxylation is 1. The van der Waals surface area contributed by atoms with Crippen molar-refractivity contribution in [2.45, 2.75) is 25.4 Å². The minimum atomic E-state index is -0.174. The number of nitrogens with one attached hydrogen (secondary N) is 2. The summed E-state index contributed by atoms with van der Waals surface area (Å²) in [6.45, 7) is 2.16. The number of hydrogen-bond donors (Lipinski definition) is 2. The van der Waals surface area contributed by atoms with Crippen LogP contribution in [0, 0.1) is 11.7 Å². The Bertz CT molecular complexity index is 1270. The number of fused-ring (bicyclic) bond motifs is 6. The van der Waals surface area contributed by atoms with Crippen molar-refractivity contribution in [2.24, 2.45) is 5.92 Å². The van der Waals surface area contributed by atoms with Crippen molar-refractivity contribution in [3.05, 3.63) is 65.7 Å². The van der Waals surface area contributed by atoms with Gasteiger partial charge in [0.15, 0.2) is 11.5 Å². The highest BCUT2D eigenvalue weighted by Crippen LogP contribution is 2.38. The van der Waals surface area contributed by atoms with Crippen LogP contribution in [0.2, 0.25) is 0 Å². The van der Waals surface area contributed by atoms with Gasteiger partial charge in [-0.3, -0.25) is 4.98 Å². The van der Waals surface area contributed by atoms with Gasteiger partial charge >= 0.3 is 0 Å². The lowest BCUT2D eigenvalue weighted by Crippen LogP contribution is -2.40. The van der Waals surface area contributed by atoms with Gasteiger partial charge < -0.3 is 19.8 Å². The van der Waals surface area contributed by atoms with Gasteiger partial charge in [0, 0.05) is 34.7 Å². The predicted molar refractivity (Wildman–Crippen MR) is 118 cm³/mol. The Labute approximate surface area is 179 Å². The van der Waals surface area contributed by atoms with E-state index in [9.17, 15) is 4.39 Å². The molecule has 0 fully saturated rings. The molecule has 6 heteroatoms. The fraction of sp³-hybridized carbons (Fsp3) is 0.320. The van der Waals surface area contributed by atoms with E-state index in [0.717, 1.165) is 65.7 Å². The molecule has 2 aliphatic rings. The highest BCUT2D eigenvalue weighted by molar-refractivity contribution is 5.88. The Morgan fingerprint density at radius 2 is 2.10 bits per heavy atom. The van der Waals surface area contributed by atoms with Gasteiger partial charge in [-0.25, -0.2) is 4.39 Å². The smallest absolute Gasteiger partial charge is 0.171 e. The Morgan fingerprint density at radius 1 is 1.13 bits per heavy atom. The normalized spacial score (nSPS) is 20.2. The van der Waals surface area contributed by atoms with E-state index in [0.29, 0.717) is 12.5 Å². The molecule has 0 saturated carbocycles. The van der Waals surface area contributed by atoms with Crippen LogP contribution in [-0.2, 0) is 12.8 Å². The number of hydrogen-bond acceptors (Lipinski definition) is 4. The van der Waals surface area contributed by atoms with E-state index in [1.165, 1.54) is 17.3 Å². The zero-order valence-corrected chi connectivity index (χ0v) is 17.2. The molecule has 31 heavy (non-hydrogen) atoms. The van der Waals surface area contributed by atoms with Crippen LogP contribution in [-0.4, -0.2) is 35.8 Å². The molecular weight excluding hydrogens is 393 g/mol. The van der Waals surface area contributed by atoms with Gasteiger partial charge in [-0.1, -0.05) is 0 Å². The molecule has 0 saturated heterocycles. The summed E-state index contributed by atoms with van der Waals surface area (Å²) in [5.41, 5.74) is 4.48. The number of benzene rings is 2. The van der Waals surface area contributed by atoms with Gasteiger partial charge in [0.2, 0.25) is 0 Å². The molecule has 2 atom stereocenters. The van der Waals surface area contributed by atoms with Gasteiger partial charge in [0.1, 0.15) is 18.5 Å². The Kier molecular flexibility index (Phi) is 4.53. The maximum atomic E-state index is 13.7. The second kappa shape index (κ2) is 7.54. The third-order valence-electron chi connectivity index (χ3n) is 6.47. The monoisotopic (exact) mass is 417 g/mol. The van der Waals surface area contributed by atoms with E-state index in [4.69, 9.17) is 9.47 Å². The maximum Gasteiger partial charge on any atom is 0.171 e. The largest absolute Gasteiger partial charge is 0.486 e. The number of aromatic amines is 1. The van der Waals surface area contributed by atoms with Crippen LogP contribution >= 0.6 is 0 Å². The number of halogens is 1. The summed E-state index contributed by atoms with van der Waals surface area (Å²) in [6, 6.07) is 12.8. The first-order valence-corrected chi connectivity index (χ1v) is 10.9. The van der Waals surface area contributed by atoms with Crippen molar-refractivity contribution < 1.29 is 13.9 Å². The standard InChI is InChI=1S/C25H24FN3O2/c26-16-4-6-23-20(11-16)19-10-15(3-5-22(19)29-23)12-27-13-17-14-30-24-8-7-21-18(25(24)31-17)2-1-9-28-21/h1-2,4,6-9,11,15,17,27,29H,3,5,10,12-14H2/t15-,17-/m0/s1. The fourth-order valence-electron chi connectivity index (χ4n) is 4.91. The van der Waals surface area contributed by atoms with Crippen LogP contribution in [0.3, 0.4) is 0 Å². The van der Waals surface area contributed by atoms with Gasteiger partial charge in [0.05, 0.1) is 5.52 Å². The predicted octanol–water partition coefficient (Wildman–Crippen LogP) is 4.39. The van der Waals surface area contributed by atoms with E-state index in [-0.39, 0.29) is 11.9 Å². The molecule has 4 aromatic rings. The first-order valence-electron chi connectivity index (χ1n) is 10.9. The third kappa shape index (κ3) is 3.41. The molecule has 0 amide bonds. The summed E-state index contributed by atoms with van der Waals surface area (Å²) in [5, 5.41) is 5.59. The molecule has 0 spiro atoms. The minimum Gasteiger partial charge on any atom is -0.486 e. The molecule has 2 N–H and O–H groups in total. The lowest BCUT2D eigenvalue weighted by atomic mass is 9.86. The Morgan fingerprint density at radius 3 is 3.06 bits per heavy atom. The molecule has 1 aliphatic heterocycles. The van der Waals surface area contributed by atoms with E-state index >= 15 is 0 Å². The van der Waals surface area contributed by atoms with Crippen molar-refractivity contribution in [2.75, 3.05) is 19.7 Å². The zero-order valence-electron chi connectivity index (χ0n) is 17.2. The molecule has 0 bridgehead atoms. The van der Waals surface area contributed by atoms with Gasteiger partial charge in [-0.15, -0.1) is 0 Å². The molecule has 0 radical (unpaired) electrons. The van der Waals surface area contributed by atoms with Crippen LogP contribution < -0.4 is 14.8 Å². The van der Waals surface area contributed by atoms with Crippen LogP contribution in [0.4, 0.5) is 4.39 Å². The van der Waals surface area contributed by atoms with Crippen LogP contribution in [0.1, 0.15) is 17.7 Å². The van der Waals surface area contributed by atoms with Crippen LogP contribution in [0.15, 0.2) is 48.7 Å². The maximum absolute atomic E-state index is 13.7. The molecule has 6 rings (SSSR count). The fourth-order valence-corrected chi connectivity index (χ4v) is 4.91. The molecule has 3 heterocycles. The van der Waals surface area contributed by atoms with Crippen molar-refractivity contribution >= 4 is 21.8 Å². The number of H-pyrrole nitrogens is 1. The second-order valence-corrected chi connectivity index (χ2v) is 8.55. The lowest BCUT2D eigenvalue weighted by Gasteiger charge is -2.29. The Balaban J connectivity index is 1.10. The minimum absolute atomic E-state index is 0.0420. The molecule has 1 aliphatic carbocycles. The number of nitrogens with zero attached hydrogens (tertiary/aromatic N) is 1. The molecule has 0 unspecified atom stereocenters. The van der Waals surface area contributed by atoms with Gasteiger partial charge in [-0.2, -0.15) is 0 Å². The van der Waals surface area contributed by atoms with Crippen LogP contribution in [0.5, 0.6) is 11.5 Å². The lowest BCUT2D eigenvalue weighted by molar-refractivity contribution is 0.0915. The van der Waals surface area contributed by atoms with Gasteiger partial charge in [-0.05, 0) is 79.8 Å². The number of ether oxygens (including phenoxy) is 2. The van der Waals surface area contributed by atoms with E-state index in [2.05, 4.69) is 15.3 Å². The average molecular weight is 417 g/mol. The Hall–Kier alpha value is -3.12. The molecule has 2 aromatic carbocycles. The topological polar surface area (TPSA) is 59.2 Å².